The zero-order chi connectivity index (χ0) is 32.7. The average Bonchev–Trinajstić information content (AvgIpc) is 3.02. The van der Waals surface area contributed by atoms with Gasteiger partial charge in [-0.3, -0.25) is 14.7 Å². The molecule has 3 aliphatic heterocycles. The minimum Gasteiger partial charge on any atom is -0.490 e. The highest BCUT2D eigenvalue weighted by molar-refractivity contribution is 5.97. The number of rotatable bonds is 11. The predicted molar refractivity (Wildman–Crippen MR) is 178 cm³/mol. The Morgan fingerprint density at radius 2 is 1.96 bits per heavy atom. The van der Waals surface area contributed by atoms with Crippen LogP contribution in [0.5, 0.6) is 17.2 Å². The van der Waals surface area contributed by atoms with Crippen LogP contribution in [0.3, 0.4) is 0 Å². The molecule has 11 heteroatoms. The van der Waals surface area contributed by atoms with E-state index in [1.807, 2.05) is 33.0 Å². The first kappa shape index (κ1) is 31.8. The van der Waals surface area contributed by atoms with E-state index in [0.717, 1.165) is 63.8 Å². The molecule has 3 aromatic rings. The molecule has 1 atom stereocenters. The molecule has 0 radical (unpaired) electrons. The zero-order valence-corrected chi connectivity index (χ0v) is 28.0. The van der Waals surface area contributed by atoms with Crippen molar-refractivity contribution in [2.24, 2.45) is 5.41 Å². The van der Waals surface area contributed by atoms with Crippen molar-refractivity contribution >= 4 is 11.7 Å². The summed E-state index contributed by atoms with van der Waals surface area (Å²) >= 11 is 0. The van der Waals surface area contributed by atoms with Crippen molar-refractivity contribution in [3.8, 4) is 17.2 Å². The van der Waals surface area contributed by atoms with Crippen molar-refractivity contribution in [3.63, 3.8) is 0 Å². The number of pyridine rings is 1. The van der Waals surface area contributed by atoms with E-state index in [-0.39, 0.29) is 34.8 Å². The van der Waals surface area contributed by atoms with Gasteiger partial charge in [0.25, 0.3) is 5.91 Å². The van der Waals surface area contributed by atoms with Crippen molar-refractivity contribution in [2.45, 2.75) is 77.6 Å². The van der Waals surface area contributed by atoms with Crippen LogP contribution in [0.4, 0.5) is 10.2 Å². The Bertz CT molecular complexity index is 1610. The van der Waals surface area contributed by atoms with Crippen LogP contribution in [0.25, 0.3) is 0 Å². The second-order valence-corrected chi connectivity index (χ2v) is 14.1. The minimum atomic E-state index is -0.488. The standard InChI is InChI=1S/C36H46FN7O3/c1-5-44(24(2)3)35(45)28-16-25(37)6-7-31(28)47-33-19-38-23-40-34(33)43-21-36(22-43)17-27(18-36)46-32-8-12-39-30-11-15-42(20-29(30)32)14-10-26-9-13-41(26)4/h6-8,12,16,19,23-24,26-27H,5,9-11,13-15,17-18,20-22H2,1-4H3. The molecule has 1 amide bonds. The molecular weight excluding hydrogens is 597 g/mol. The number of fused-ring (bicyclic) bond motifs is 1. The van der Waals surface area contributed by atoms with Crippen LogP contribution in [-0.2, 0) is 13.0 Å². The van der Waals surface area contributed by atoms with Gasteiger partial charge in [0.1, 0.15) is 29.7 Å². The maximum atomic E-state index is 14.3. The molecule has 1 saturated carbocycles. The molecule has 1 unspecified atom stereocenters. The predicted octanol–water partition coefficient (Wildman–Crippen LogP) is 5.17. The average molecular weight is 644 g/mol. The van der Waals surface area contributed by atoms with Crippen LogP contribution in [-0.4, -0.2) is 100 Å². The number of aromatic nitrogens is 3. The normalized spacial score (nSPS) is 20.7. The van der Waals surface area contributed by atoms with Crippen LogP contribution < -0.4 is 14.4 Å². The zero-order valence-electron chi connectivity index (χ0n) is 28.0. The molecule has 0 bridgehead atoms. The molecular formula is C36H46FN7O3. The summed E-state index contributed by atoms with van der Waals surface area (Å²) in [7, 11) is 2.23. The van der Waals surface area contributed by atoms with Gasteiger partial charge in [0.15, 0.2) is 11.6 Å². The van der Waals surface area contributed by atoms with Gasteiger partial charge in [-0.1, -0.05) is 0 Å². The van der Waals surface area contributed by atoms with Gasteiger partial charge in [-0.05, 0) is 90.9 Å². The molecule has 3 fully saturated rings. The lowest BCUT2D eigenvalue weighted by molar-refractivity contribution is -0.0353. The molecule has 47 heavy (non-hydrogen) atoms. The van der Waals surface area contributed by atoms with Gasteiger partial charge >= 0.3 is 0 Å². The van der Waals surface area contributed by atoms with Crippen LogP contribution in [0.2, 0.25) is 0 Å². The topological polar surface area (TPSA) is 87.2 Å². The lowest BCUT2D eigenvalue weighted by Crippen LogP contribution is -2.65. The number of halogens is 1. The second-order valence-electron chi connectivity index (χ2n) is 14.1. The number of anilines is 1. The molecule has 0 N–H and O–H groups in total. The summed E-state index contributed by atoms with van der Waals surface area (Å²) in [5, 5.41) is 0. The van der Waals surface area contributed by atoms with E-state index in [1.165, 1.54) is 55.2 Å². The Hall–Kier alpha value is -3.83. The Morgan fingerprint density at radius 1 is 1.13 bits per heavy atom. The van der Waals surface area contributed by atoms with E-state index >= 15 is 0 Å². The van der Waals surface area contributed by atoms with Crippen molar-refractivity contribution in [1.82, 2.24) is 29.7 Å². The van der Waals surface area contributed by atoms with Crippen LogP contribution >= 0.6 is 0 Å². The third kappa shape index (κ3) is 6.39. The van der Waals surface area contributed by atoms with E-state index in [4.69, 9.17) is 14.5 Å². The molecule has 4 aliphatic rings. The number of nitrogens with zero attached hydrogens (tertiary/aromatic N) is 7. The summed E-state index contributed by atoms with van der Waals surface area (Å²) in [6.07, 6.45) is 10.7. The molecule has 5 heterocycles. The van der Waals surface area contributed by atoms with Gasteiger partial charge in [0, 0.05) is 74.1 Å². The molecule has 10 nitrogen and oxygen atoms in total. The van der Waals surface area contributed by atoms with Gasteiger partial charge in [0.2, 0.25) is 0 Å². The van der Waals surface area contributed by atoms with E-state index in [9.17, 15) is 9.18 Å². The monoisotopic (exact) mass is 643 g/mol. The first-order chi connectivity index (χ1) is 22.7. The molecule has 1 aromatic carbocycles. The summed E-state index contributed by atoms with van der Waals surface area (Å²) in [6.45, 7) is 12.3. The highest BCUT2D eigenvalue weighted by Gasteiger charge is 2.54. The number of carbonyl (C=O) groups excluding carboxylic acids is 1. The van der Waals surface area contributed by atoms with E-state index in [1.54, 1.807) is 11.1 Å². The molecule has 7 rings (SSSR count). The fraction of sp³-hybridized carbons (Fsp3) is 0.556. The number of hydrogen-bond donors (Lipinski definition) is 0. The minimum absolute atomic E-state index is 0.0328. The maximum Gasteiger partial charge on any atom is 0.257 e. The quantitative estimate of drug-likeness (QED) is 0.281. The Kier molecular flexibility index (Phi) is 8.78. The second kappa shape index (κ2) is 13.0. The summed E-state index contributed by atoms with van der Waals surface area (Å²) in [4.78, 5) is 35.7. The van der Waals surface area contributed by atoms with Gasteiger partial charge in [-0.15, -0.1) is 0 Å². The lowest BCUT2D eigenvalue weighted by Gasteiger charge is -2.59. The molecule has 2 aromatic heterocycles. The third-order valence-corrected chi connectivity index (χ3v) is 10.6. The summed E-state index contributed by atoms with van der Waals surface area (Å²) in [5.41, 5.74) is 2.80. The van der Waals surface area contributed by atoms with E-state index in [0.29, 0.717) is 18.1 Å². The van der Waals surface area contributed by atoms with Gasteiger partial charge in [0.05, 0.1) is 11.8 Å². The number of carbonyl (C=O) groups is 1. The van der Waals surface area contributed by atoms with Crippen molar-refractivity contribution in [3.05, 3.63) is 65.6 Å². The molecule has 2 saturated heterocycles. The number of hydrogen-bond acceptors (Lipinski definition) is 9. The van der Waals surface area contributed by atoms with Crippen molar-refractivity contribution in [1.29, 1.82) is 0 Å². The number of amides is 1. The maximum absolute atomic E-state index is 14.3. The number of benzene rings is 1. The molecule has 250 valence electrons. The summed E-state index contributed by atoms with van der Waals surface area (Å²) < 4.78 is 27.2. The summed E-state index contributed by atoms with van der Waals surface area (Å²) in [6, 6.07) is 6.79. The third-order valence-electron chi connectivity index (χ3n) is 10.6. The van der Waals surface area contributed by atoms with Gasteiger partial charge in [-0.25, -0.2) is 14.4 Å². The molecule has 1 spiro atoms. The summed E-state index contributed by atoms with van der Waals surface area (Å²) in [5.74, 6) is 1.63. The van der Waals surface area contributed by atoms with Gasteiger partial charge < -0.3 is 24.2 Å². The number of ether oxygens (including phenoxy) is 2. The number of likely N-dealkylation sites (tertiary alicyclic amines) is 1. The molecule has 1 aliphatic carbocycles. The van der Waals surface area contributed by atoms with Crippen molar-refractivity contribution in [2.75, 3.05) is 51.2 Å². The van der Waals surface area contributed by atoms with Crippen LogP contribution in [0.15, 0.2) is 43.0 Å². The van der Waals surface area contributed by atoms with Gasteiger partial charge in [-0.2, -0.15) is 0 Å². The highest BCUT2D eigenvalue weighted by Crippen LogP contribution is 2.52. The van der Waals surface area contributed by atoms with Crippen LogP contribution in [0.1, 0.15) is 68.1 Å². The highest BCUT2D eigenvalue weighted by atomic mass is 19.1. The first-order valence-corrected chi connectivity index (χ1v) is 17.1. The van der Waals surface area contributed by atoms with E-state index < -0.39 is 5.82 Å². The Labute approximate surface area is 276 Å². The lowest BCUT2D eigenvalue weighted by atomic mass is 9.61. The smallest absolute Gasteiger partial charge is 0.257 e. The fourth-order valence-electron chi connectivity index (χ4n) is 7.77. The van der Waals surface area contributed by atoms with Crippen LogP contribution in [0, 0.1) is 11.2 Å². The van der Waals surface area contributed by atoms with E-state index in [2.05, 4.69) is 31.7 Å². The fourth-order valence-corrected chi connectivity index (χ4v) is 7.77. The SMILES string of the molecule is CCN(C(=O)c1cc(F)ccc1Oc1cncnc1N1CC2(CC(Oc3ccnc4c3CN(CCC3CCN3C)CC4)C2)C1)C(C)C. The Balaban J connectivity index is 0.971. The largest absolute Gasteiger partial charge is 0.490 e. The first-order valence-electron chi connectivity index (χ1n) is 17.1. The Morgan fingerprint density at radius 3 is 2.68 bits per heavy atom. The van der Waals surface area contributed by atoms with Crippen molar-refractivity contribution < 1.29 is 18.7 Å².